The van der Waals surface area contributed by atoms with Gasteiger partial charge in [-0.25, -0.2) is 0 Å². The Balaban J connectivity index is 2.42. The van der Waals surface area contributed by atoms with Crippen molar-refractivity contribution in [3.8, 4) is 0 Å². The Bertz CT molecular complexity index is 264. The van der Waals surface area contributed by atoms with Crippen molar-refractivity contribution >= 4 is 0 Å². The van der Waals surface area contributed by atoms with E-state index in [4.69, 9.17) is 20.1 Å². The molecule has 6 nitrogen and oxygen atoms in total. The first-order valence-electron chi connectivity index (χ1n) is 4.54. The average molecular weight is 201 g/mol. The second-order valence-electron chi connectivity index (χ2n) is 2.78. The smallest absolute Gasteiger partial charge is 0.229 e. The fourth-order valence-corrected chi connectivity index (χ4v) is 0.906. The monoisotopic (exact) mass is 201 g/mol. The number of hydrogen-bond donors (Lipinski definition) is 2. The molecule has 0 saturated carbocycles. The van der Waals surface area contributed by atoms with Crippen molar-refractivity contribution in [2.75, 3.05) is 19.8 Å². The van der Waals surface area contributed by atoms with E-state index in [0.717, 1.165) is 0 Å². The summed E-state index contributed by atoms with van der Waals surface area (Å²) in [7, 11) is 0. The van der Waals surface area contributed by atoms with Gasteiger partial charge in [-0.05, 0) is 6.92 Å². The van der Waals surface area contributed by atoms with E-state index in [1.807, 2.05) is 6.92 Å². The summed E-state index contributed by atoms with van der Waals surface area (Å²) >= 11 is 0. The zero-order valence-electron chi connectivity index (χ0n) is 8.14. The van der Waals surface area contributed by atoms with Gasteiger partial charge in [-0.3, -0.25) is 0 Å². The van der Waals surface area contributed by atoms with E-state index in [1.54, 1.807) is 0 Å². The van der Waals surface area contributed by atoms with Crippen LogP contribution in [0.25, 0.3) is 0 Å². The minimum Gasteiger partial charge on any atom is -0.394 e. The van der Waals surface area contributed by atoms with Crippen LogP contribution in [0.4, 0.5) is 0 Å². The Kier molecular flexibility index (Phi) is 4.51. The van der Waals surface area contributed by atoms with E-state index in [2.05, 4.69) is 10.1 Å². The summed E-state index contributed by atoms with van der Waals surface area (Å²) in [6, 6.07) is -0.570. The lowest BCUT2D eigenvalue weighted by atomic mass is 10.3. The Morgan fingerprint density at radius 1 is 1.64 bits per heavy atom. The lowest BCUT2D eigenvalue weighted by Gasteiger charge is -1.98. The Morgan fingerprint density at radius 2 is 2.43 bits per heavy atom. The minimum absolute atomic E-state index is 0.190. The first-order valence-corrected chi connectivity index (χ1v) is 4.54. The fraction of sp³-hybridized carbons (Fsp3) is 0.750. The molecule has 0 saturated heterocycles. The largest absolute Gasteiger partial charge is 0.394 e. The third-order valence-electron chi connectivity index (χ3n) is 1.68. The van der Waals surface area contributed by atoms with Crippen LogP contribution in [0.5, 0.6) is 0 Å². The van der Waals surface area contributed by atoms with Crippen LogP contribution in [0.1, 0.15) is 24.7 Å². The third-order valence-corrected chi connectivity index (χ3v) is 1.68. The molecule has 1 unspecified atom stereocenters. The van der Waals surface area contributed by atoms with Crippen LogP contribution >= 0.6 is 0 Å². The molecule has 0 spiro atoms. The number of ether oxygens (including phenoxy) is 1. The van der Waals surface area contributed by atoms with Gasteiger partial charge in [0.15, 0.2) is 5.82 Å². The molecule has 0 bridgehead atoms. The topological polar surface area (TPSA) is 94.4 Å². The van der Waals surface area contributed by atoms with Crippen molar-refractivity contribution in [2.45, 2.75) is 19.4 Å². The number of aliphatic hydroxyl groups excluding tert-OH is 1. The fourth-order valence-electron chi connectivity index (χ4n) is 0.906. The van der Waals surface area contributed by atoms with Crippen molar-refractivity contribution in [3.05, 3.63) is 11.7 Å². The van der Waals surface area contributed by atoms with Gasteiger partial charge < -0.3 is 20.1 Å². The van der Waals surface area contributed by atoms with E-state index in [1.165, 1.54) is 0 Å². The Labute approximate surface area is 82.1 Å². The number of aromatic nitrogens is 2. The second kappa shape index (κ2) is 5.69. The van der Waals surface area contributed by atoms with E-state index in [0.29, 0.717) is 31.3 Å². The lowest BCUT2D eigenvalue weighted by molar-refractivity contribution is 0.144. The number of nitrogens with two attached hydrogens (primary N) is 1. The van der Waals surface area contributed by atoms with Gasteiger partial charge in [-0.2, -0.15) is 4.98 Å². The number of hydrogen-bond acceptors (Lipinski definition) is 6. The molecule has 6 heteroatoms. The molecule has 0 aliphatic carbocycles. The summed E-state index contributed by atoms with van der Waals surface area (Å²) < 4.78 is 10.0. The molecule has 0 radical (unpaired) electrons. The van der Waals surface area contributed by atoms with Gasteiger partial charge in [0.05, 0.1) is 25.7 Å². The van der Waals surface area contributed by atoms with Gasteiger partial charge in [0.1, 0.15) is 0 Å². The van der Waals surface area contributed by atoms with Crippen LogP contribution in [0.3, 0.4) is 0 Å². The molecular formula is C8H15N3O3. The van der Waals surface area contributed by atoms with Crippen LogP contribution in [0.15, 0.2) is 4.52 Å². The predicted octanol–water partition coefficient (Wildman–Crippen LogP) is -0.359. The van der Waals surface area contributed by atoms with Gasteiger partial charge in [-0.15, -0.1) is 0 Å². The zero-order valence-corrected chi connectivity index (χ0v) is 8.14. The molecule has 1 heterocycles. The summed E-state index contributed by atoms with van der Waals surface area (Å²) in [6.45, 7) is 2.94. The highest BCUT2D eigenvalue weighted by atomic mass is 16.5. The molecule has 1 aromatic rings. The summed E-state index contributed by atoms with van der Waals surface area (Å²) in [5, 5.41) is 12.4. The zero-order chi connectivity index (χ0) is 10.4. The SMILES string of the molecule is CCOCCc1nc(C(N)CO)no1. The molecule has 1 atom stereocenters. The normalized spacial score (nSPS) is 13.1. The lowest BCUT2D eigenvalue weighted by Crippen LogP contribution is -2.16. The van der Waals surface area contributed by atoms with Gasteiger partial charge >= 0.3 is 0 Å². The van der Waals surface area contributed by atoms with Crippen molar-refractivity contribution in [2.24, 2.45) is 5.73 Å². The van der Waals surface area contributed by atoms with E-state index in [-0.39, 0.29) is 6.61 Å². The number of nitrogens with zero attached hydrogens (tertiary/aromatic N) is 2. The molecule has 0 aliphatic heterocycles. The summed E-state index contributed by atoms with van der Waals surface area (Å²) in [5.74, 6) is 0.816. The standard InChI is InChI=1S/C8H15N3O3/c1-2-13-4-3-7-10-8(11-14-7)6(9)5-12/h6,12H,2-5,9H2,1H3. The van der Waals surface area contributed by atoms with Gasteiger partial charge in [-0.1, -0.05) is 5.16 Å². The van der Waals surface area contributed by atoms with Crippen LogP contribution in [-0.2, 0) is 11.2 Å². The first kappa shape index (κ1) is 11.1. The maximum atomic E-state index is 8.74. The van der Waals surface area contributed by atoms with Crippen LogP contribution in [0, 0.1) is 0 Å². The summed E-state index contributed by atoms with van der Waals surface area (Å²) in [6.07, 6.45) is 0.568. The molecule has 3 N–H and O–H groups in total. The molecule has 0 aromatic carbocycles. The van der Waals surface area contributed by atoms with E-state index < -0.39 is 6.04 Å². The number of rotatable bonds is 6. The maximum Gasteiger partial charge on any atom is 0.229 e. The van der Waals surface area contributed by atoms with Gasteiger partial charge in [0.2, 0.25) is 5.89 Å². The Morgan fingerprint density at radius 3 is 3.07 bits per heavy atom. The summed E-state index contributed by atoms with van der Waals surface area (Å²) in [4.78, 5) is 4.01. The van der Waals surface area contributed by atoms with Crippen LogP contribution in [0.2, 0.25) is 0 Å². The minimum atomic E-state index is -0.570. The van der Waals surface area contributed by atoms with Crippen molar-refractivity contribution in [1.82, 2.24) is 10.1 Å². The van der Waals surface area contributed by atoms with Gasteiger partial charge in [0, 0.05) is 6.61 Å². The quantitative estimate of drug-likeness (QED) is 0.610. The highest BCUT2D eigenvalue weighted by Gasteiger charge is 2.12. The second-order valence-corrected chi connectivity index (χ2v) is 2.78. The molecular weight excluding hydrogens is 186 g/mol. The highest BCUT2D eigenvalue weighted by molar-refractivity contribution is 4.92. The Hall–Kier alpha value is -0.980. The highest BCUT2D eigenvalue weighted by Crippen LogP contribution is 2.05. The van der Waals surface area contributed by atoms with Crippen molar-refractivity contribution < 1.29 is 14.4 Å². The molecule has 14 heavy (non-hydrogen) atoms. The van der Waals surface area contributed by atoms with Crippen LogP contribution in [-0.4, -0.2) is 35.1 Å². The summed E-state index contributed by atoms with van der Waals surface area (Å²) in [5.41, 5.74) is 5.50. The molecule has 0 amide bonds. The molecule has 1 rings (SSSR count). The molecule has 80 valence electrons. The molecule has 1 aromatic heterocycles. The third kappa shape index (κ3) is 3.06. The maximum absolute atomic E-state index is 8.74. The average Bonchev–Trinajstić information content (AvgIpc) is 2.66. The molecule has 0 fully saturated rings. The predicted molar refractivity (Wildman–Crippen MR) is 48.5 cm³/mol. The first-order chi connectivity index (χ1) is 6.77. The van der Waals surface area contributed by atoms with Crippen LogP contribution < -0.4 is 5.73 Å². The number of aliphatic hydroxyl groups is 1. The van der Waals surface area contributed by atoms with E-state index in [9.17, 15) is 0 Å². The van der Waals surface area contributed by atoms with E-state index >= 15 is 0 Å². The van der Waals surface area contributed by atoms with Crippen molar-refractivity contribution in [1.29, 1.82) is 0 Å². The van der Waals surface area contributed by atoms with Crippen molar-refractivity contribution in [3.63, 3.8) is 0 Å². The van der Waals surface area contributed by atoms with Gasteiger partial charge in [0.25, 0.3) is 0 Å². The molecule has 0 aliphatic rings.